The van der Waals surface area contributed by atoms with Gasteiger partial charge in [-0.05, 0) is 32.4 Å². The number of hydrogen-bond donors (Lipinski definition) is 1. The van der Waals surface area contributed by atoms with Crippen molar-refractivity contribution in [3.05, 3.63) is 11.6 Å². The molecule has 0 bridgehead atoms. The van der Waals surface area contributed by atoms with Crippen LogP contribution >= 0.6 is 0 Å². The summed E-state index contributed by atoms with van der Waals surface area (Å²) >= 11 is 0. The van der Waals surface area contributed by atoms with E-state index in [0.29, 0.717) is 13.0 Å². The summed E-state index contributed by atoms with van der Waals surface area (Å²) in [5, 5.41) is 8.67. The lowest BCUT2D eigenvalue weighted by atomic mass is 10.1. The molecule has 0 aromatic carbocycles. The van der Waals surface area contributed by atoms with Gasteiger partial charge in [0, 0.05) is 18.2 Å². The van der Waals surface area contributed by atoms with Crippen LogP contribution < -0.4 is 0 Å². The number of hydrogen-bond acceptors (Lipinski definition) is 4. The molecule has 0 aromatic rings. The third kappa shape index (κ3) is 4.99. The van der Waals surface area contributed by atoms with Gasteiger partial charge in [0.05, 0.1) is 7.11 Å². The van der Waals surface area contributed by atoms with Crippen molar-refractivity contribution in [2.45, 2.75) is 25.7 Å². The zero-order chi connectivity index (χ0) is 12.7. The number of piperidine rings is 1. The number of carbonyl (C=O) groups is 2. The lowest BCUT2D eigenvalue weighted by Gasteiger charge is -2.26. The average molecular weight is 241 g/mol. The maximum Gasteiger partial charge on any atom is 0.334 e. The third-order valence-electron chi connectivity index (χ3n) is 2.89. The molecule has 0 saturated carbocycles. The van der Waals surface area contributed by atoms with Crippen molar-refractivity contribution in [3.63, 3.8) is 0 Å². The summed E-state index contributed by atoms with van der Waals surface area (Å²) in [5.41, 5.74) is 0.227. The van der Waals surface area contributed by atoms with Gasteiger partial charge in [-0.25, -0.2) is 9.59 Å². The standard InChI is InChI=1S/C12H19NO4/c1-17-12(16)10(9-11(14)15)5-8-13-6-3-2-4-7-13/h9H,2-8H2,1H3,(H,14,15)/b10-9+. The van der Waals surface area contributed by atoms with E-state index in [1.54, 1.807) is 0 Å². The molecule has 1 N–H and O–H groups in total. The summed E-state index contributed by atoms with van der Waals surface area (Å²) in [7, 11) is 1.26. The van der Waals surface area contributed by atoms with Gasteiger partial charge in [0.2, 0.25) is 0 Å². The Hall–Kier alpha value is -1.36. The second kappa shape index (κ2) is 7.06. The van der Waals surface area contributed by atoms with E-state index >= 15 is 0 Å². The van der Waals surface area contributed by atoms with E-state index in [-0.39, 0.29) is 5.57 Å². The van der Waals surface area contributed by atoms with E-state index < -0.39 is 11.9 Å². The molecule has 0 aromatic heterocycles. The van der Waals surface area contributed by atoms with E-state index in [2.05, 4.69) is 9.64 Å². The summed E-state index contributed by atoms with van der Waals surface area (Å²) in [5.74, 6) is -1.66. The monoisotopic (exact) mass is 241 g/mol. The summed E-state index contributed by atoms with van der Waals surface area (Å²) < 4.78 is 4.56. The van der Waals surface area contributed by atoms with Crippen LogP contribution in [0.4, 0.5) is 0 Å². The molecule has 0 spiro atoms. The van der Waals surface area contributed by atoms with Gasteiger partial charge < -0.3 is 14.7 Å². The fourth-order valence-corrected chi connectivity index (χ4v) is 1.97. The highest BCUT2D eigenvalue weighted by Gasteiger charge is 2.15. The molecule has 5 nitrogen and oxygen atoms in total. The summed E-state index contributed by atoms with van der Waals surface area (Å²) in [4.78, 5) is 24.2. The number of carboxylic acids is 1. The van der Waals surface area contributed by atoms with Crippen LogP contribution in [0.1, 0.15) is 25.7 Å². The number of rotatable bonds is 5. The second-order valence-electron chi connectivity index (χ2n) is 4.15. The summed E-state index contributed by atoms with van der Waals surface area (Å²) in [6.07, 6.45) is 4.98. The van der Waals surface area contributed by atoms with E-state index in [4.69, 9.17) is 5.11 Å². The number of likely N-dealkylation sites (tertiary alicyclic amines) is 1. The molecule has 5 heteroatoms. The van der Waals surface area contributed by atoms with Gasteiger partial charge in [0.25, 0.3) is 0 Å². The smallest absolute Gasteiger partial charge is 0.334 e. The summed E-state index contributed by atoms with van der Waals surface area (Å²) in [6, 6.07) is 0. The highest BCUT2D eigenvalue weighted by Crippen LogP contribution is 2.12. The topological polar surface area (TPSA) is 66.8 Å². The van der Waals surface area contributed by atoms with Gasteiger partial charge in [-0.15, -0.1) is 0 Å². The predicted octanol–water partition coefficient (Wildman–Crippen LogP) is 1.05. The molecule has 0 atom stereocenters. The zero-order valence-electron chi connectivity index (χ0n) is 10.1. The Balaban J connectivity index is 2.48. The number of esters is 1. The van der Waals surface area contributed by atoms with Gasteiger partial charge in [0.15, 0.2) is 0 Å². The van der Waals surface area contributed by atoms with Crippen molar-refractivity contribution < 1.29 is 19.4 Å². The maximum atomic E-state index is 11.3. The number of methoxy groups -OCH3 is 1. The van der Waals surface area contributed by atoms with Crippen molar-refractivity contribution in [1.29, 1.82) is 0 Å². The van der Waals surface area contributed by atoms with Crippen molar-refractivity contribution >= 4 is 11.9 Å². The zero-order valence-corrected chi connectivity index (χ0v) is 10.1. The molecule has 0 unspecified atom stereocenters. The highest BCUT2D eigenvalue weighted by atomic mass is 16.5. The van der Waals surface area contributed by atoms with Crippen LogP contribution in [0.25, 0.3) is 0 Å². The molecule has 1 fully saturated rings. The average Bonchev–Trinajstić information content (AvgIpc) is 2.34. The highest BCUT2D eigenvalue weighted by molar-refractivity contribution is 5.95. The van der Waals surface area contributed by atoms with E-state index in [9.17, 15) is 9.59 Å². The Morgan fingerprint density at radius 3 is 2.47 bits per heavy atom. The van der Waals surface area contributed by atoms with E-state index in [0.717, 1.165) is 19.2 Å². The van der Waals surface area contributed by atoms with Gasteiger partial charge in [-0.3, -0.25) is 0 Å². The molecule has 0 aliphatic carbocycles. The first-order chi connectivity index (χ1) is 8.13. The van der Waals surface area contributed by atoms with Gasteiger partial charge in [0.1, 0.15) is 0 Å². The minimum absolute atomic E-state index is 0.227. The van der Waals surface area contributed by atoms with Crippen molar-refractivity contribution in [3.8, 4) is 0 Å². The van der Waals surface area contributed by atoms with Crippen LogP contribution in [0.3, 0.4) is 0 Å². The Labute approximate surface area is 101 Å². The molecular formula is C12H19NO4. The molecule has 96 valence electrons. The first-order valence-corrected chi connectivity index (χ1v) is 5.87. The largest absolute Gasteiger partial charge is 0.478 e. The minimum atomic E-state index is -1.11. The second-order valence-corrected chi connectivity index (χ2v) is 4.15. The van der Waals surface area contributed by atoms with E-state index in [1.807, 2.05) is 0 Å². The van der Waals surface area contributed by atoms with Gasteiger partial charge in [-0.2, -0.15) is 0 Å². The molecule has 0 amide bonds. The Morgan fingerprint density at radius 2 is 1.94 bits per heavy atom. The quantitative estimate of drug-likeness (QED) is 0.575. The van der Waals surface area contributed by atoms with Crippen LogP contribution in [0, 0.1) is 0 Å². The molecule has 0 radical (unpaired) electrons. The lowest BCUT2D eigenvalue weighted by molar-refractivity contribution is -0.137. The molecule has 17 heavy (non-hydrogen) atoms. The molecule has 1 saturated heterocycles. The molecule has 1 heterocycles. The minimum Gasteiger partial charge on any atom is -0.478 e. The van der Waals surface area contributed by atoms with Crippen LogP contribution in [-0.4, -0.2) is 48.7 Å². The molecule has 1 rings (SSSR count). The Bertz CT molecular complexity index is 306. The number of ether oxygens (including phenoxy) is 1. The Morgan fingerprint density at radius 1 is 1.29 bits per heavy atom. The molecular weight excluding hydrogens is 222 g/mol. The fourth-order valence-electron chi connectivity index (χ4n) is 1.97. The third-order valence-corrected chi connectivity index (χ3v) is 2.89. The first kappa shape index (κ1) is 13.7. The van der Waals surface area contributed by atoms with Crippen LogP contribution in [0.5, 0.6) is 0 Å². The van der Waals surface area contributed by atoms with Crippen molar-refractivity contribution in [2.75, 3.05) is 26.7 Å². The number of carboxylic acid groups (broad SMARTS) is 1. The number of nitrogens with zero attached hydrogens (tertiary/aromatic N) is 1. The van der Waals surface area contributed by atoms with Crippen molar-refractivity contribution in [2.24, 2.45) is 0 Å². The van der Waals surface area contributed by atoms with Crippen LogP contribution in [0.2, 0.25) is 0 Å². The van der Waals surface area contributed by atoms with Gasteiger partial charge >= 0.3 is 11.9 Å². The first-order valence-electron chi connectivity index (χ1n) is 5.87. The SMILES string of the molecule is COC(=O)/C(=C/C(=O)O)CCN1CCCCC1. The lowest BCUT2D eigenvalue weighted by Crippen LogP contribution is -2.31. The maximum absolute atomic E-state index is 11.3. The van der Waals surface area contributed by atoms with E-state index in [1.165, 1.54) is 26.4 Å². The normalized spacial score (nSPS) is 17.8. The number of aliphatic carboxylic acids is 1. The fraction of sp³-hybridized carbons (Fsp3) is 0.667. The molecule has 1 aliphatic rings. The summed E-state index contributed by atoms with van der Waals surface area (Å²) in [6.45, 7) is 2.78. The van der Waals surface area contributed by atoms with Crippen molar-refractivity contribution in [1.82, 2.24) is 4.90 Å². The predicted molar refractivity (Wildman–Crippen MR) is 62.6 cm³/mol. The number of carbonyl (C=O) groups excluding carboxylic acids is 1. The Kier molecular flexibility index (Phi) is 5.69. The molecule has 1 aliphatic heterocycles. The van der Waals surface area contributed by atoms with Crippen LogP contribution in [0.15, 0.2) is 11.6 Å². The van der Waals surface area contributed by atoms with Gasteiger partial charge in [-0.1, -0.05) is 6.42 Å². The van der Waals surface area contributed by atoms with Crippen LogP contribution in [-0.2, 0) is 14.3 Å².